The van der Waals surface area contributed by atoms with E-state index in [9.17, 15) is 8.42 Å². The van der Waals surface area contributed by atoms with E-state index in [0.717, 1.165) is 0 Å². The molecule has 0 heterocycles. The van der Waals surface area contributed by atoms with Crippen molar-refractivity contribution < 1.29 is 8.42 Å². The smallest absolute Gasteiger partial charge is 0.279 e. The molecule has 0 saturated heterocycles. The van der Waals surface area contributed by atoms with E-state index in [2.05, 4.69) is 4.72 Å². The molecule has 0 rings (SSSR count). The number of rotatable bonds is 6. The Hall–Kier alpha value is -0.170. The van der Waals surface area contributed by atoms with Crippen molar-refractivity contribution in [1.29, 1.82) is 0 Å². The second-order valence-corrected chi connectivity index (χ2v) is 6.08. The third-order valence-corrected chi connectivity index (χ3v) is 4.25. The summed E-state index contributed by atoms with van der Waals surface area (Å²) in [5.41, 5.74) is 5.51. The van der Waals surface area contributed by atoms with Gasteiger partial charge in [0, 0.05) is 25.7 Å². The molecular formula is C9H23N3O2S. The average Bonchev–Trinajstić information content (AvgIpc) is 2.12. The minimum absolute atomic E-state index is 0.0620. The molecule has 0 aromatic rings. The maximum Gasteiger partial charge on any atom is 0.279 e. The summed E-state index contributed by atoms with van der Waals surface area (Å²) in [6, 6.07) is -0.274. The molecule has 0 aliphatic rings. The number of nitrogens with two attached hydrogens (primary N) is 1. The van der Waals surface area contributed by atoms with E-state index >= 15 is 0 Å². The molecule has 0 spiro atoms. The standard InChI is InChI=1S/C9H23N3O2S/c1-7(2)9(6-10)11-15(13,14)12(5)8(3)4/h7-9,11H,6,10H2,1-5H3. The van der Waals surface area contributed by atoms with Gasteiger partial charge in [0.1, 0.15) is 0 Å². The molecule has 0 aromatic carbocycles. The first-order chi connectivity index (χ1) is 6.72. The van der Waals surface area contributed by atoms with Gasteiger partial charge in [-0.15, -0.1) is 0 Å². The lowest BCUT2D eigenvalue weighted by molar-refractivity contribution is 0.381. The van der Waals surface area contributed by atoms with Crippen LogP contribution >= 0.6 is 0 Å². The Morgan fingerprint density at radius 1 is 1.27 bits per heavy atom. The van der Waals surface area contributed by atoms with Crippen LogP contribution < -0.4 is 10.5 Å². The molecule has 0 aliphatic heterocycles. The molecule has 15 heavy (non-hydrogen) atoms. The van der Waals surface area contributed by atoms with E-state index in [1.807, 2.05) is 27.7 Å². The predicted octanol–water partition coefficient (Wildman–Crippen LogP) is 0.144. The number of hydrogen-bond acceptors (Lipinski definition) is 3. The summed E-state index contributed by atoms with van der Waals surface area (Å²) in [7, 11) is -1.86. The molecule has 0 bridgehead atoms. The Bertz CT molecular complexity index is 275. The summed E-state index contributed by atoms with van der Waals surface area (Å²) in [5.74, 6) is 0.185. The maximum absolute atomic E-state index is 11.8. The van der Waals surface area contributed by atoms with Gasteiger partial charge in [-0.1, -0.05) is 13.8 Å². The van der Waals surface area contributed by atoms with Gasteiger partial charge in [-0.25, -0.2) is 0 Å². The zero-order chi connectivity index (χ0) is 12.2. The monoisotopic (exact) mass is 237 g/mol. The highest BCUT2D eigenvalue weighted by atomic mass is 32.2. The van der Waals surface area contributed by atoms with Crippen LogP contribution in [0.1, 0.15) is 27.7 Å². The number of hydrogen-bond donors (Lipinski definition) is 2. The highest BCUT2D eigenvalue weighted by Gasteiger charge is 2.24. The van der Waals surface area contributed by atoms with Crippen LogP contribution in [0.25, 0.3) is 0 Å². The molecule has 0 aromatic heterocycles. The molecule has 0 saturated carbocycles. The highest BCUT2D eigenvalue weighted by molar-refractivity contribution is 7.87. The minimum Gasteiger partial charge on any atom is -0.329 e. The number of nitrogens with zero attached hydrogens (tertiary/aromatic N) is 1. The van der Waals surface area contributed by atoms with Gasteiger partial charge in [0.25, 0.3) is 10.2 Å². The van der Waals surface area contributed by atoms with Crippen LogP contribution in [-0.4, -0.2) is 38.4 Å². The lowest BCUT2D eigenvalue weighted by Crippen LogP contribution is -2.50. The van der Waals surface area contributed by atoms with Gasteiger partial charge in [-0.05, 0) is 19.8 Å². The average molecular weight is 237 g/mol. The fourth-order valence-corrected chi connectivity index (χ4v) is 2.48. The lowest BCUT2D eigenvalue weighted by Gasteiger charge is -2.26. The first-order valence-corrected chi connectivity index (χ1v) is 6.61. The van der Waals surface area contributed by atoms with Crippen LogP contribution in [0.3, 0.4) is 0 Å². The van der Waals surface area contributed by atoms with E-state index in [0.29, 0.717) is 6.54 Å². The fourth-order valence-electron chi connectivity index (χ4n) is 1.01. The van der Waals surface area contributed by atoms with Gasteiger partial charge in [-0.2, -0.15) is 17.4 Å². The molecule has 6 heteroatoms. The van der Waals surface area contributed by atoms with Crippen LogP contribution in [0.5, 0.6) is 0 Å². The topological polar surface area (TPSA) is 75.4 Å². The van der Waals surface area contributed by atoms with Gasteiger partial charge in [0.15, 0.2) is 0 Å². The normalized spacial score (nSPS) is 15.3. The number of nitrogens with one attached hydrogen (secondary N) is 1. The Kier molecular flexibility index (Phi) is 5.72. The first-order valence-electron chi connectivity index (χ1n) is 5.17. The summed E-state index contributed by atoms with van der Waals surface area (Å²) < 4.78 is 27.5. The van der Waals surface area contributed by atoms with Crippen LogP contribution in [0.15, 0.2) is 0 Å². The van der Waals surface area contributed by atoms with Gasteiger partial charge < -0.3 is 5.73 Å². The third kappa shape index (κ3) is 4.46. The van der Waals surface area contributed by atoms with E-state index < -0.39 is 10.2 Å². The first kappa shape index (κ1) is 14.8. The van der Waals surface area contributed by atoms with Crippen molar-refractivity contribution in [2.45, 2.75) is 39.8 Å². The zero-order valence-electron chi connectivity index (χ0n) is 10.2. The van der Waals surface area contributed by atoms with Crippen molar-refractivity contribution in [2.24, 2.45) is 11.7 Å². The van der Waals surface area contributed by atoms with Crippen LogP contribution in [0.4, 0.5) is 0 Å². The summed E-state index contributed by atoms with van der Waals surface area (Å²) in [6.45, 7) is 7.84. The fraction of sp³-hybridized carbons (Fsp3) is 1.00. The largest absolute Gasteiger partial charge is 0.329 e. The van der Waals surface area contributed by atoms with Crippen molar-refractivity contribution in [2.75, 3.05) is 13.6 Å². The van der Waals surface area contributed by atoms with Crippen LogP contribution in [-0.2, 0) is 10.2 Å². The molecular weight excluding hydrogens is 214 g/mol. The van der Waals surface area contributed by atoms with Crippen molar-refractivity contribution in [3.63, 3.8) is 0 Å². The van der Waals surface area contributed by atoms with E-state index in [-0.39, 0.29) is 18.0 Å². The molecule has 0 amide bonds. The highest BCUT2D eigenvalue weighted by Crippen LogP contribution is 2.06. The quantitative estimate of drug-likeness (QED) is 0.690. The van der Waals surface area contributed by atoms with Crippen molar-refractivity contribution >= 4 is 10.2 Å². The summed E-state index contributed by atoms with van der Waals surface area (Å²) in [6.07, 6.45) is 0. The van der Waals surface area contributed by atoms with Gasteiger partial charge in [0.2, 0.25) is 0 Å². The second-order valence-electron chi connectivity index (χ2n) is 4.32. The SMILES string of the molecule is CC(C)C(CN)NS(=O)(=O)N(C)C(C)C. The lowest BCUT2D eigenvalue weighted by atomic mass is 10.1. The predicted molar refractivity (Wildman–Crippen MR) is 62.6 cm³/mol. The van der Waals surface area contributed by atoms with Gasteiger partial charge in [-0.3, -0.25) is 0 Å². The Morgan fingerprint density at radius 2 is 1.73 bits per heavy atom. The second kappa shape index (κ2) is 5.79. The van der Waals surface area contributed by atoms with Crippen LogP contribution in [0, 0.1) is 5.92 Å². The Morgan fingerprint density at radius 3 is 2.00 bits per heavy atom. The molecule has 0 fully saturated rings. The van der Waals surface area contributed by atoms with Gasteiger partial charge in [0.05, 0.1) is 0 Å². The van der Waals surface area contributed by atoms with Crippen LogP contribution in [0.2, 0.25) is 0 Å². The molecule has 92 valence electrons. The minimum atomic E-state index is -3.41. The van der Waals surface area contributed by atoms with E-state index in [4.69, 9.17) is 5.73 Å². The molecule has 5 nitrogen and oxygen atoms in total. The summed E-state index contributed by atoms with van der Waals surface area (Å²) >= 11 is 0. The van der Waals surface area contributed by atoms with Gasteiger partial charge >= 0.3 is 0 Å². The van der Waals surface area contributed by atoms with E-state index in [1.165, 1.54) is 4.31 Å². The molecule has 0 aliphatic carbocycles. The van der Waals surface area contributed by atoms with E-state index in [1.54, 1.807) is 7.05 Å². The summed E-state index contributed by atoms with van der Waals surface area (Å²) in [5, 5.41) is 0. The molecule has 1 atom stereocenters. The Labute approximate surface area is 93.2 Å². The Balaban J connectivity index is 4.63. The molecule has 0 radical (unpaired) electrons. The third-order valence-electron chi connectivity index (χ3n) is 2.47. The van der Waals surface area contributed by atoms with Crippen molar-refractivity contribution in [1.82, 2.24) is 9.03 Å². The zero-order valence-corrected chi connectivity index (χ0v) is 11.0. The molecule has 1 unspecified atom stereocenters. The van der Waals surface area contributed by atoms with Crippen molar-refractivity contribution in [3.05, 3.63) is 0 Å². The molecule has 3 N–H and O–H groups in total. The van der Waals surface area contributed by atoms with Crippen molar-refractivity contribution in [3.8, 4) is 0 Å². The maximum atomic E-state index is 11.8. The summed E-state index contributed by atoms with van der Waals surface area (Å²) in [4.78, 5) is 0.